The highest BCUT2D eigenvalue weighted by molar-refractivity contribution is 6.30. The third-order valence-corrected chi connectivity index (χ3v) is 13.2. The van der Waals surface area contributed by atoms with Crippen LogP contribution in [0.15, 0.2) is 0 Å². The number of halogens is 40. The first-order chi connectivity index (χ1) is 48.5. The second-order valence-electron chi connectivity index (χ2n) is 19.8. The zero-order valence-corrected chi connectivity index (χ0v) is 50.8. The fraction of sp³-hybridized carbons (Fsp3) is 0.200. The molecule has 4 nitrogen and oxygen atoms in total. The van der Waals surface area contributed by atoms with Crippen molar-refractivity contribution in [2.24, 2.45) is 0 Å². The number of nitrogens with zero attached hydrogens (tertiary/aromatic N) is 1. The number of unbranched alkanes of at least 4 members (excludes halogenated alkanes) is 3. The standard InChI is InChI=1S/4C12F10.C12H27N.BH3O3/c4*13-3-1(4(14)8(18)11(21)7(3)17)2-5(15)9(19)12(22)10(20)6(2)16;1-4-7-10-13(11-8-5-2)12-9-6-3;2-1(3)4/h;;;;4-12H2,1-3H3;2-4H. The fourth-order valence-electron chi connectivity index (χ4n) is 8.08. The van der Waals surface area contributed by atoms with Gasteiger partial charge in [0.05, 0.1) is 44.5 Å². The van der Waals surface area contributed by atoms with Crippen LogP contribution in [-0.2, 0) is 0 Å². The summed E-state index contributed by atoms with van der Waals surface area (Å²) in [7, 11) is -2.17. The molecule has 0 aromatic heterocycles. The van der Waals surface area contributed by atoms with E-state index in [0.29, 0.717) is 0 Å². The van der Waals surface area contributed by atoms with E-state index in [9.17, 15) is 176 Å². The predicted octanol–water partition coefficient (Wildman–Crippen LogP) is 20.6. The molecule has 3 N–H and O–H groups in total. The van der Waals surface area contributed by atoms with Gasteiger partial charge in [0, 0.05) is 0 Å². The minimum atomic E-state index is -2.68. The van der Waals surface area contributed by atoms with Crippen molar-refractivity contribution < 1.29 is 191 Å². The molecule has 0 atom stereocenters. The lowest BCUT2D eigenvalue weighted by Crippen LogP contribution is -2.27. The summed E-state index contributed by atoms with van der Waals surface area (Å²) in [6.45, 7) is 10.8. The molecule has 0 unspecified atom stereocenters. The Hall–Kier alpha value is -9.14. The van der Waals surface area contributed by atoms with Crippen molar-refractivity contribution in [2.45, 2.75) is 59.3 Å². The lowest BCUT2D eigenvalue weighted by Gasteiger charge is -2.21. The number of hydrogen-bond donors (Lipinski definition) is 3. The minimum absolute atomic E-state index is 1.32. The Bertz CT molecular complexity index is 3530. The van der Waals surface area contributed by atoms with Gasteiger partial charge in [0.25, 0.3) is 0 Å². The summed E-state index contributed by atoms with van der Waals surface area (Å²) in [6.07, 6.45) is 8.09. The Kier molecular flexibility index (Phi) is 31.9. The monoisotopic (exact) mass is 1580 g/mol. The maximum atomic E-state index is 13.4. The van der Waals surface area contributed by atoms with Gasteiger partial charge >= 0.3 is 7.32 Å². The van der Waals surface area contributed by atoms with Gasteiger partial charge < -0.3 is 20.0 Å². The van der Waals surface area contributed by atoms with Crippen LogP contribution < -0.4 is 0 Å². The second kappa shape index (κ2) is 37.2. The summed E-state index contributed by atoms with van der Waals surface area (Å²) in [5.74, 6) is -107. The average molecular weight is 1580 g/mol. The van der Waals surface area contributed by atoms with Crippen molar-refractivity contribution in [2.75, 3.05) is 19.6 Å². The van der Waals surface area contributed by atoms with Gasteiger partial charge in [-0.25, -0.2) is 176 Å². The first-order valence-corrected chi connectivity index (χ1v) is 27.4. The van der Waals surface area contributed by atoms with E-state index in [1.807, 2.05) is 0 Å². The van der Waals surface area contributed by atoms with Crippen LogP contribution in [0.5, 0.6) is 0 Å². The Morgan fingerprint density at radius 2 is 0.229 bits per heavy atom. The van der Waals surface area contributed by atoms with Crippen LogP contribution in [-0.4, -0.2) is 46.9 Å². The van der Waals surface area contributed by atoms with Gasteiger partial charge in [-0.2, -0.15) is 0 Å². The van der Waals surface area contributed by atoms with Crippen LogP contribution in [0.3, 0.4) is 0 Å². The lowest BCUT2D eigenvalue weighted by molar-refractivity contribution is 0.261. The van der Waals surface area contributed by atoms with Crippen LogP contribution >= 0.6 is 0 Å². The maximum Gasteiger partial charge on any atom is 0.631 e. The lowest BCUT2D eigenvalue weighted by atomic mass is 10.0. The molecule has 0 spiro atoms. The van der Waals surface area contributed by atoms with Crippen LogP contribution in [0, 0.1) is 233 Å². The number of benzene rings is 8. The van der Waals surface area contributed by atoms with Crippen LogP contribution in [0.25, 0.3) is 44.5 Å². The first-order valence-electron chi connectivity index (χ1n) is 27.4. The molecule has 45 heteroatoms. The zero-order valence-electron chi connectivity index (χ0n) is 50.8. The Morgan fingerprint density at radius 3 is 0.295 bits per heavy atom. The van der Waals surface area contributed by atoms with E-state index in [1.54, 1.807) is 0 Å². The molecule has 0 amide bonds. The van der Waals surface area contributed by atoms with E-state index in [1.165, 1.54) is 58.2 Å². The molecule has 0 heterocycles. The van der Waals surface area contributed by atoms with Gasteiger partial charge in [-0.15, -0.1) is 0 Å². The molecule has 0 aliphatic carbocycles. The van der Waals surface area contributed by atoms with Crippen LogP contribution in [0.2, 0.25) is 0 Å². The highest BCUT2D eigenvalue weighted by Crippen LogP contribution is 2.42. The van der Waals surface area contributed by atoms with E-state index in [2.05, 4.69) is 25.7 Å². The van der Waals surface area contributed by atoms with Crippen LogP contribution in [0.4, 0.5) is 176 Å². The molecule has 0 saturated heterocycles. The summed E-state index contributed by atoms with van der Waals surface area (Å²) in [4.78, 5) is 2.64. The summed E-state index contributed by atoms with van der Waals surface area (Å²) < 4.78 is 525. The summed E-state index contributed by atoms with van der Waals surface area (Å²) >= 11 is 0. The molecule has 0 fully saturated rings. The molecule has 0 bridgehead atoms. The van der Waals surface area contributed by atoms with Crippen molar-refractivity contribution in [1.29, 1.82) is 0 Å². The highest BCUT2D eigenvalue weighted by Gasteiger charge is 2.40. The molecular formula is C60H30BF40NO3. The van der Waals surface area contributed by atoms with Crippen LogP contribution in [0.1, 0.15) is 59.3 Å². The van der Waals surface area contributed by atoms with Crippen molar-refractivity contribution in [3.05, 3.63) is 233 Å². The van der Waals surface area contributed by atoms with Gasteiger partial charge in [-0.05, 0) is 38.9 Å². The Balaban J connectivity index is 0.000000339. The molecule has 0 radical (unpaired) electrons. The number of rotatable bonds is 13. The third kappa shape index (κ3) is 18.4. The first kappa shape index (κ1) is 90.1. The highest BCUT2D eigenvalue weighted by atomic mass is 19.2. The van der Waals surface area contributed by atoms with E-state index < -0.39 is 285 Å². The predicted molar refractivity (Wildman–Crippen MR) is 279 cm³/mol. The molecule has 105 heavy (non-hydrogen) atoms. The fourth-order valence-corrected chi connectivity index (χ4v) is 8.08. The van der Waals surface area contributed by atoms with Gasteiger partial charge in [0.2, 0.25) is 46.5 Å². The average Bonchev–Trinajstić information content (AvgIpc) is 0.771. The topological polar surface area (TPSA) is 63.9 Å². The zero-order chi connectivity index (χ0) is 81.2. The Labute approximate surface area is 558 Å². The largest absolute Gasteiger partial charge is 0.631 e. The molecule has 8 rings (SSSR count). The van der Waals surface area contributed by atoms with E-state index in [4.69, 9.17) is 15.1 Å². The van der Waals surface area contributed by atoms with E-state index in [-0.39, 0.29) is 0 Å². The van der Waals surface area contributed by atoms with Crippen molar-refractivity contribution in [3.8, 4) is 44.5 Å². The molecular weight excluding hydrogens is 1550 g/mol. The molecule has 0 aliphatic rings. The van der Waals surface area contributed by atoms with E-state index >= 15 is 0 Å². The quantitative estimate of drug-likeness (QED) is 0.0466. The van der Waals surface area contributed by atoms with Crippen molar-refractivity contribution in [1.82, 2.24) is 4.90 Å². The SMILES string of the molecule is CCCCN(CCCC)CCCC.Fc1c(F)c(F)c(-c2c(F)c(F)c(F)c(F)c2F)c(F)c1F.Fc1c(F)c(F)c(-c2c(F)c(F)c(F)c(F)c2F)c(F)c1F.Fc1c(F)c(F)c(-c2c(F)c(F)c(F)c(F)c2F)c(F)c1F.Fc1c(F)c(F)c(-c2c(F)c(F)c(F)c(F)c2F)c(F)c1F.OB(O)O. The van der Waals surface area contributed by atoms with E-state index in [0.717, 1.165) is 0 Å². The van der Waals surface area contributed by atoms with Gasteiger partial charge in [-0.3, -0.25) is 0 Å². The summed E-state index contributed by atoms with van der Waals surface area (Å²) in [6, 6.07) is 0. The molecule has 0 saturated carbocycles. The van der Waals surface area contributed by atoms with Gasteiger partial charge in [0.1, 0.15) is 0 Å². The van der Waals surface area contributed by atoms with Crippen molar-refractivity contribution in [3.63, 3.8) is 0 Å². The number of hydrogen-bond acceptors (Lipinski definition) is 4. The molecule has 8 aromatic carbocycles. The summed E-state index contributed by atoms with van der Waals surface area (Å²) in [5, 5.41) is 21.5. The van der Waals surface area contributed by atoms with Gasteiger partial charge in [0.15, 0.2) is 186 Å². The molecule has 0 aliphatic heterocycles. The molecule has 576 valence electrons. The molecule has 8 aromatic rings. The maximum absolute atomic E-state index is 13.4. The normalized spacial score (nSPS) is 11.0. The minimum Gasteiger partial charge on any atom is -0.402 e. The smallest absolute Gasteiger partial charge is 0.402 e. The summed E-state index contributed by atoms with van der Waals surface area (Å²) in [5.41, 5.74) is -18.1. The van der Waals surface area contributed by atoms with Crippen molar-refractivity contribution >= 4 is 7.32 Å². The Morgan fingerprint density at radius 1 is 0.162 bits per heavy atom. The second-order valence-corrected chi connectivity index (χ2v) is 19.8. The van der Waals surface area contributed by atoms with Gasteiger partial charge in [-0.1, -0.05) is 40.0 Å². The third-order valence-electron chi connectivity index (χ3n) is 13.2.